The summed E-state index contributed by atoms with van der Waals surface area (Å²) in [7, 11) is 3.02. The Bertz CT molecular complexity index is 1070. The highest BCUT2D eigenvalue weighted by molar-refractivity contribution is 9.10. The first kappa shape index (κ1) is 22.2. The second kappa shape index (κ2) is 10.5. The van der Waals surface area contributed by atoms with E-state index >= 15 is 0 Å². The van der Waals surface area contributed by atoms with Gasteiger partial charge in [-0.2, -0.15) is 0 Å². The molecule has 0 fully saturated rings. The number of anilines is 1. The van der Waals surface area contributed by atoms with Crippen LogP contribution in [0.4, 0.5) is 5.69 Å². The maximum absolute atomic E-state index is 12.4. The third-order valence-corrected chi connectivity index (χ3v) is 4.83. The van der Waals surface area contributed by atoms with Gasteiger partial charge in [0.15, 0.2) is 18.1 Å². The van der Waals surface area contributed by atoms with Crippen molar-refractivity contribution >= 4 is 33.5 Å². The second-order valence-corrected chi connectivity index (χ2v) is 7.11. The number of carbonyl (C=O) groups excluding carboxylic acids is 2. The molecule has 3 rings (SSSR count). The van der Waals surface area contributed by atoms with E-state index in [0.29, 0.717) is 33.2 Å². The zero-order chi connectivity index (χ0) is 22.2. The van der Waals surface area contributed by atoms with Crippen LogP contribution in [-0.2, 0) is 4.79 Å². The highest BCUT2D eigenvalue weighted by Crippen LogP contribution is 2.30. The van der Waals surface area contributed by atoms with Crippen molar-refractivity contribution < 1.29 is 28.5 Å². The summed E-state index contributed by atoms with van der Waals surface area (Å²) in [6, 6.07) is 18.6. The number of halogens is 1. The van der Waals surface area contributed by atoms with Crippen LogP contribution in [0.1, 0.15) is 10.4 Å². The van der Waals surface area contributed by atoms with Crippen LogP contribution < -0.4 is 24.3 Å². The highest BCUT2D eigenvalue weighted by Gasteiger charge is 2.15. The summed E-state index contributed by atoms with van der Waals surface area (Å²) >= 11 is 3.34. The molecule has 7 nitrogen and oxygen atoms in total. The van der Waals surface area contributed by atoms with E-state index in [2.05, 4.69) is 21.2 Å². The van der Waals surface area contributed by atoms with Gasteiger partial charge < -0.3 is 24.3 Å². The number of benzene rings is 3. The minimum Gasteiger partial charge on any atom is -0.497 e. The molecule has 0 unspecified atom stereocenters. The number of ether oxygens (including phenoxy) is 4. The lowest BCUT2D eigenvalue weighted by atomic mass is 10.2. The smallest absolute Gasteiger partial charge is 0.343 e. The Morgan fingerprint density at radius 3 is 2.29 bits per heavy atom. The van der Waals surface area contributed by atoms with Crippen LogP contribution in [-0.4, -0.2) is 32.7 Å². The molecule has 0 aromatic heterocycles. The van der Waals surface area contributed by atoms with Gasteiger partial charge in [-0.3, -0.25) is 4.79 Å². The van der Waals surface area contributed by atoms with Crippen LogP contribution in [0, 0.1) is 0 Å². The maximum Gasteiger partial charge on any atom is 0.343 e. The first-order valence-electron chi connectivity index (χ1n) is 9.21. The Hall–Kier alpha value is -3.52. The zero-order valence-electron chi connectivity index (χ0n) is 16.9. The predicted molar refractivity (Wildman–Crippen MR) is 119 cm³/mol. The summed E-state index contributed by atoms with van der Waals surface area (Å²) in [6.45, 7) is -0.233. The standard InChI is InChI=1S/C23H20BrNO6/c1-28-17-10-8-16(9-11-17)25-22(26)14-30-20-12-7-15(13-21(20)29-2)23(27)31-19-6-4-3-5-18(19)24/h3-13H,14H2,1-2H3,(H,25,26). The van der Waals surface area contributed by atoms with E-state index in [9.17, 15) is 9.59 Å². The Balaban J connectivity index is 1.62. The van der Waals surface area contributed by atoms with Crippen molar-refractivity contribution in [3.63, 3.8) is 0 Å². The number of hydrogen-bond donors (Lipinski definition) is 1. The summed E-state index contributed by atoms with van der Waals surface area (Å²) < 4.78 is 22.0. The van der Waals surface area contributed by atoms with Crippen LogP contribution in [0.5, 0.6) is 23.0 Å². The summed E-state index contributed by atoms with van der Waals surface area (Å²) in [4.78, 5) is 24.6. The van der Waals surface area contributed by atoms with Crippen molar-refractivity contribution in [3.05, 3.63) is 76.8 Å². The molecule has 0 saturated carbocycles. The third kappa shape index (κ3) is 5.99. The SMILES string of the molecule is COc1ccc(NC(=O)COc2ccc(C(=O)Oc3ccccc3Br)cc2OC)cc1. The topological polar surface area (TPSA) is 83.1 Å². The maximum atomic E-state index is 12.4. The molecule has 0 radical (unpaired) electrons. The lowest BCUT2D eigenvalue weighted by Crippen LogP contribution is -2.20. The molecule has 3 aromatic rings. The molecule has 0 spiro atoms. The number of esters is 1. The van der Waals surface area contributed by atoms with Crippen molar-refractivity contribution in [3.8, 4) is 23.0 Å². The van der Waals surface area contributed by atoms with E-state index in [-0.39, 0.29) is 18.1 Å². The first-order valence-corrected chi connectivity index (χ1v) is 10.0. The molecule has 0 saturated heterocycles. The van der Waals surface area contributed by atoms with Gasteiger partial charge in [0, 0.05) is 5.69 Å². The van der Waals surface area contributed by atoms with Crippen molar-refractivity contribution in [2.24, 2.45) is 0 Å². The lowest BCUT2D eigenvalue weighted by Gasteiger charge is -2.12. The predicted octanol–water partition coefficient (Wildman–Crippen LogP) is 4.70. The number of nitrogens with one attached hydrogen (secondary N) is 1. The monoisotopic (exact) mass is 485 g/mol. The number of para-hydroxylation sites is 1. The van der Waals surface area contributed by atoms with Gasteiger partial charge in [-0.25, -0.2) is 4.79 Å². The van der Waals surface area contributed by atoms with Gasteiger partial charge in [-0.1, -0.05) is 12.1 Å². The van der Waals surface area contributed by atoms with E-state index in [1.54, 1.807) is 61.7 Å². The molecule has 8 heteroatoms. The molecule has 0 heterocycles. The molecule has 160 valence electrons. The number of hydrogen-bond acceptors (Lipinski definition) is 6. The summed E-state index contributed by atoms with van der Waals surface area (Å²) in [5.74, 6) is 0.835. The van der Waals surface area contributed by atoms with E-state index in [1.165, 1.54) is 13.2 Å². The quantitative estimate of drug-likeness (QED) is 0.367. The minimum absolute atomic E-state index is 0.233. The van der Waals surface area contributed by atoms with E-state index in [1.807, 2.05) is 6.07 Å². The van der Waals surface area contributed by atoms with Crippen LogP contribution in [0.2, 0.25) is 0 Å². The van der Waals surface area contributed by atoms with E-state index < -0.39 is 5.97 Å². The zero-order valence-corrected chi connectivity index (χ0v) is 18.5. The molecule has 0 aliphatic carbocycles. The van der Waals surface area contributed by atoms with Gasteiger partial charge >= 0.3 is 5.97 Å². The second-order valence-electron chi connectivity index (χ2n) is 6.25. The molecular weight excluding hydrogens is 466 g/mol. The average Bonchev–Trinajstić information content (AvgIpc) is 2.79. The molecule has 0 aliphatic rings. The normalized spacial score (nSPS) is 10.2. The van der Waals surface area contributed by atoms with Crippen LogP contribution in [0.3, 0.4) is 0 Å². The molecular formula is C23H20BrNO6. The van der Waals surface area contributed by atoms with Gasteiger partial charge in [-0.15, -0.1) is 0 Å². The van der Waals surface area contributed by atoms with Crippen LogP contribution >= 0.6 is 15.9 Å². The number of carbonyl (C=O) groups is 2. The number of rotatable bonds is 8. The Labute approximate surface area is 188 Å². The van der Waals surface area contributed by atoms with Gasteiger partial charge in [0.2, 0.25) is 0 Å². The summed E-state index contributed by atoms with van der Waals surface area (Å²) in [5.41, 5.74) is 0.897. The number of methoxy groups -OCH3 is 2. The molecule has 0 aliphatic heterocycles. The minimum atomic E-state index is -0.547. The van der Waals surface area contributed by atoms with E-state index in [0.717, 1.165) is 0 Å². The fraction of sp³-hybridized carbons (Fsp3) is 0.130. The van der Waals surface area contributed by atoms with Crippen LogP contribution in [0.25, 0.3) is 0 Å². The van der Waals surface area contributed by atoms with Crippen LogP contribution in [0.15, 0.2) is 71.2 Å². The Morgan fingerprint density at radius 2 is 1.61 bits per heavy atom. The Morgan fingerprint density at radius 1 is 0.871 bits per heavy atom. The van der Waals surface area contributed by atoms with Crippen molar-refractivity contribution in [1.29, 1.82) is 0 Å². The number of amides is 1. The molecule has 0 bridgehead atoms. The Kier molecular flexibility index (Phi) is 7.50. The third-order valence-electron chi connectivity index (χ3n) is 4.17. The average molecular weight is 486 g/mol. The molecule has 1 N–H and O–H groups in total. The molecule has 31 heavy (non-hydrogen) atoms. The van der Waals surface area contributed by atoms with Crippen molar-refractivity contribution in [2.45, 2.75) is 0 Å². The van der Waals surface area contributed by atoms with Crippen molar-refractivity contribution in [1.82, 2.24) is 0 Å². The van der Waals surface area contributed by atoms with Gasteiger partial charge in [0.1, 0.15) is 11.5 Å². The van der Waals surface area contributed by atoms with Crippen molar-refractivity contribution in [2.75, 3.05) is 26.1 Å². The summed E-state index contributed by atoms with van der Waals surface area (Å²) in [6.07, 6.45) is 0. The van der Waals surface area contributed by atoms with Gasteiger partial charge in [-0.05, 0) is 70.5 Å². The first-order chi connectivity index (χ1) is 15.0. The van der Waals surface area contributed by atoms with E-state index in [4.69, 9.17) is 18.9 Å². The largest absolute Gasteiger partial charge is 0.497 e. The fourth-order valence-electron chi connectivity index (χ4n) is 2.61. The fourth-order valence-corrected chi connectivity index (χ4v) is 2.98. The van der Waals surface area contributed by atoms with Gasteiger partial charge in [0.05, 0.1) is 24.3 Å². The highest BCUT2D eigenvalue weighted by atomic mass is 79.9. The van der Waals surface area contributed by atoms with Gasteiger partial charge in [0.25, 0.3) is 5.91 Å². The molecule has 3 aromatic carbocycles. The molecule has 1 amide bonds. The summed E-state index contributed by atoms with van der Waals surface area (Å²) in [5, 5.41) is 2.72. The lowest BCUT2D eigenvalue weighted by molar-refractivity contribution is -0.118. The molecule has 0 atom stereocenters.